The normalized spacial score (nSPS) is 19.3. The number of carboxylic acid groups (broad SMARTS) is 1. The van der Waals surface area contributed by atoms with Crippen molar-refractivity contribution in [2.45, 2.75) is 44.8 Å². The van der Waals surface area contributed by atoms with Gasteiger partial charge >= 0.3 is 12.1 Å². The molecule has 1 saturated heterocycles. The summed E-state index contributed by atoms with van der Waals surface area (Å²) in [5.74, 6) is -1.67. The van der Waals surface area contributed by atoms with Crippen molar-refractivity contribution in [3.63, 3.8) is 0 Å². The molecule has 1 aromatic carbocycles. The van der Waals surface area contributed by atoms with Crippen LogP contribution in [0.25, 0.3) is 0 Å². The Labute approximate surface area is 138 Å². The van der Waals surface area contributed by atoms with E-state index in [-0.39, 0.29) is 5.91 Å². The summed E-state index contributed by atoms with van der Waals surface area (Å²) >= 11 is 0. The van der Waals surface area contributed by atoms with E-state index in [4.69, 9.17) is 0 Å². The first-order chi connectivity index (χ1) is 11.2. The Bertz CT molecular complexity index is 598. The van der Waals surface area contributed by atoms with Crippen molar-refractivity contribution in [1.82, 2.24) is 4.90 Å². The number of carbonyl (C=O) groups excluding carboxylic acids is 1. The Morgan fingerprint density at radius 2 is 1.92 bits per heavy atom. The number of amides is 1. The maximum Gasteiger partial charge on any atom is 0.416 e. The fourth-order valence-electron chi connectivity index (χ4n) is 3.04. The highest BCUT2D eigenvalue weighted by Gasteiger charge is 2.36. The SMILES string of the molecule is CCC(Cc1ccc(C(F)(F)F)cc1)C(=O)N1CCCC1C(=O)O. The number of likely N-dealkylation sites (tertiary alicyclic amines) is 1. The van der Waals surface area contributed by atoms with Crippen LogP contribution in [0.4, 0.5) is 13.2 Å². The number of carbonyl (C=O) groups is 2. The van der Waals surface area contributed by atoms with Gasteiger partial charge in [-0.1, -0.05) is 19.1 Å². The van der Waals surface area contributed by atoms with Crippen molar-refractivity contribution in [2.75, 3.05) is 6.54 Å². The molecule has 1 aliphatic heterocycles. The Morgan fingerprint density at radius 3 is 2.42 bits per heavy atom. The first-order valence-corrected chi connectivity index (χ1v) is 7.93. The van der Waals surface area contributed by atoms with Gasteiger partial charge in [-0.25, -0.2) is 4.79 Å². The summed E-state index contributed by atoms with van der Waals surface area (Å²) in [5, 5.41) is 9.18. The fraction of sp³-hybridized carbons (Fsp3) is 0.529. The molecular weight excluding hydrogens is 323 g/mol. The number of carboxylic acids is 1. The van der Waals surface area contributed by atoms with Crippen LogP contribution in [0.3, 0.4) is 0 Å². The molecule has 7 heteroatoms. The number of benzene rings is 1. The lowest BCUT2D eigenvalue weighted by Gasteiger charge is -2.26. The third-order valence-electron chi connectivity index (χ3n) is 4.43. The second-order valence-electron chi connectivity index (χ2n) is 6.03. The number of hydrogen-bond acceptors (Lipinski definition) is 2. The maximum absolute atomic E-state index is 12.6. The molecule has 2 rings (SSSR count). The van der Waals surface area contributed by atoms with Crippen LogP contribution in [0.1, 0.15) is 37.3 Å². The second kappa shape index (κ2) is 7.23. The monoisotopic (exact) mass is 343 g/mol. The topological polar surface area (TPSA) is 57.6 Å². The van der Waals surface area contributed by atoms with E-state index in [0.29, 0.717) is 37.8 Å². The van der Waals surface area contributed by atoms with E-state index in [1.807, 2.05) is 6.92 Å². The average molecular weight is 343 g/mol. The van der Waals surface area contributed by atoms with Gasteiger partial charge < -0.3 is 10.0 Å². The molecular formula is C17H20F3NO3. The molecule has 1 N–H and O–H groups in total. The number of aliphatic carboxylic acids is 1. The van der Waals surface area contributed by atoms with Gasteiger partial charge in [0.05, 0.1) is 5.56 Å². The zero-order chi connectivity index (χ0) is 17.9. The lowest BCUT2D eigenvalue weighted by atomic mass is 9.94. The van der Waals surface area contributed by atoms with Crippen LogP contribution in [-0.2, 0) is 22.2 Å². The lowest BCUT2D eigenvalue weighted by molar-refractivity contribution is -0.150. The predicted octanol–water partition coefficient (Wildman–Crippen LogP) is 3.35. The Morgan fingerprint density at radius 1 is 1.29 bits per heavy atom. The smallest absolute Gasteiger partial charge is 0.416 e. The highest BCUT2D eigenvalue weighted by molar-refractivity contribution is 5.85. The Hall–Kier alpha value is -2.05. The molecule has 1 aromatic rings. The first kappa shape index (κ1) is 18.3. The minimum Gasteiger partial charge on any atom is -0.480 e. The van der Waals surface area contributed by atoms with Crippen LogP contribution in [0, 0.1) is 5.92 Å². The van der Waals surface area contributed by atoms with Gasteiger partial charge in [0.15, 0.2) is 0 Å². The van der Waals surface area contributed by atoms with Crippen LogP contribution in [-0.4, -0.2) is 34.5 Å². The fourth-order valence-corrected chi connectivity index (χ4v) is 3.04. The maximum atomic E-state index is 12.6. The summed E-state index contributed by atoms with van der Waals surface area (Å²) in [6.45, 7) is 2.23. The molecule has 0 bridgehead atoms. The molecule has 0 spiro atoms. The third-order valence-corrected chi connectivity index (χ3v) is 4.43. The van der Waals surface area contributed by atoms with E-state index in [9.17, 15) is 27.9 Å². The number of halogens is 3. The van der Waals surface area contributed by atoms with Gasteiger partial charge in [-0.15, -0.1) is 0 Å². The highest BCUT2D eigenvalue weighted by atomic mass is 19.4. The molecule has 1 amide bonds. The van der Waals surface area contributed by atoms with E-state index >= 15 is 0 Å². The molecule has 24 heavy (non-hydrogen) atoms. The van der Waals surface area contributed by atoms with Gasteiger partial charge in [-0.05, 0) is 43.4 Å². The minimum atomic E-state index is -4.39. The molecule has 2 atom stereocenters. The summed E-state index contributed by atoms with van der Waals surface area (Å²) in [6.07, 6.45) is -2.49. The summed E-state index contributed by atoms with van der Waals surface area (Å²) < 4.78 is 37.7. The van der Waals surface area contributed by atoms with Crippen LogP contribution in [0.5, 0.6) is 0 Å². The van der Waals surface area contributed by atoms with Gasteiger partial charge in [-0.2, -0.15) is 13.2 Å². The van der Waals surface area contributed by atoms with Crippen molar-refractivity contribution >= 4 is 11.9 Å². The van der Waals surface area contributed by atoms with Gasteiger partial charge in [0.1, 0.15) is 6.04 Å². The summed E-state index contributed by atoms with van der Waals surface area (Å²) in [7, 11) is 0. The molecule has 0 aliphatic carbocycles. The van der Waals surface area contributed by atoms with Gasteiger partial charge in [0.2, 0.25) is 5.91 Å². The first-order valence-electron chi connectivity index (χ1n) is 7.93. The molecule has 1 heterocycles. The lowest BCUT2D eigenvalue weighted by Crippen LogP contribution is -2.43. The van der Waals surface area contributed by atoms with E-state index in [1.54, 1.807) is 0 Å². The molecule has 1 aliphatic rings. The van der Waals surface area contributed by atoms with Crippen molar-refractivity contribution in [1.29, 1.82) is 0 Å². The second-order valence-corrected chi connectivity index (χ2v) is 6.03. The van der Waals surface area contributed by atoms with Crippen LogP contribution < -0.4 is 0 Å². The van der Waals surface area contributed by atoms with Crippen molar-refractivity contribution < 1.29 is 27.9 Å². The number of rotatable bonds is 5. The minimum absolute atomic E-state index is 0.234. The summed E-state index contributed by atoms with van der Waals surface area (Å²) in [4.78, 5) is 25.2. The van der Waals surface area contributed by atoms with Crippen LogP contribution in [0.15, 0.2) is 24.3 Å². The largest absolute Gasteiger partial charge is 0.480 e. The molecule has 0 radical (unpaired) electrons. The summed E-state index contributed by atoms with van der Waals surface area (Å²) in [6, 6.07) is 3.96. The average Bonchev–Trinajstić information content (AvgIpc) is 3.01. The molecule has 0 saturated carbocycles. The number of nitrogens with zero attached hydrogens (tertiary/aromatic N) is 1. The zero-order valence-corrected chi connectivity index (χ0v) is 13.3. The van der Waals surface area contributed by atoms with Crippen LogP contribution in [0.2, 0.25) is 0 Å². The Kier molecular flexibility index (Phi) is 5.51. The Balaban J connectivity index is 2.09. The highest BCUT2D eigenvalue weighted by Crippen LogP contribution is 2.30. The van der Waals surface area contributed by atoms with Gasteiger partial charge in [-0.3, -0.25) is 4.79 Å². The van der Waals surface area contributed by atoms with Gasteiger partial charge in [0.25, 0.3) is 0 Å². The molecule has 4 nitrogen and oxygen atoms in total. The standard InChI is InChI=1S/C17H20F3NO3/c1-2-12(15(22)21-9-3-4-14(21)16(23)24)10-11-5-7-13(8-6-11)17(18,19)20/h5-8,12,14H,2-4,9-10H2,1H3,(H,23,24). The van der Waals surface area contributed by atoms with E-state index in [0.717, 1.165) is 12.1 Å². The molecule has 132 valence electrons. The van der Waals surface area contributed by atoms with Gasteiger partial charge in [0, 0.05) is 12.5 Å². The zero-order valence-electron chi connectivity index (χ0n) is 13.3. The van der Waals surface area contributed by atoms with E-state index < -0.39 is 29.7 Å². The predicted molar refractivity (Wildman–Crippen MR) is 81.3 cm³/mol. The van der Waals surface area contributed by atoms with E-state index in [2.05, 4.69) is 0 Å². The van der Waals surface area contributed by atoms with Crippen molar-refractivity contribution in [3.05, 3.63) is 35.4 Å². The van der Waals surface area contributed by atoms with Crippen molar-refractivity contribution in [2.24, 2.45) is 5.92 Å². The molecule has 1 fully saturated rings. The molecule has 2 unspecified atom stereocenters. The molecule has 0 aromatic heterocycles. The third kappa shape index (κ3) is 4.07. The van der Waals surface area contributed by atoms with Crippen LogP contribution >= 0.6 is 0 Å². The quantitative estimate of drug-likeness (QED) is 0.892. The van der Waals surface area contributed by atoms with Crippen molar-refractivity contribution in [3.8, 4) is 0 Å². The number of hydrogen-bond donors (Lipinski definition) is 1. The van der Waals surface area contributed by atoms with E-state index in [1.165, 1.54) is 17.0 Å². The summed E-state index contributed by atoms with van der Waals surface area (Å²) in [5.41, 5.74) is -0.0922. The number of alkyl halides is 3.